The van der Waals surface area contributed by atoms with Crippen molar-refractivity contribution >= 4 is 5.91 Å². The third-order valence-corrected chi connectivity index (χ3v) is 7.87. The van der Waals surface area contributed by atoms with Crippen LogP contribution in [0.5, 0.6) is 5.88 Å². The molecule has 0 bridgehead atoms. The number of carbonyl (C=O) groups excluding carboxylic acids is 1. The van der Waals surface area contributed by atoms with Gasteiger partial charge in [-0.05, 0) is 75.6 Å². The molecule has 162 valence electrons. The van der Waals surface area contributed by atoms with E-state index in [-0.39, 0.29) is 23.0 Å². The van der Waals surface area contributed by atoms with E-state index in [1.807, 2.05) is 38.4 Å². The number of carbonyl (C=O) groups is 1. The summed E-state index contributed by atoms with van der Waals surface area (Å²) >= 11 is 0. The predicted octanol–water partition coefficient (Wildman–Crippen LogP) is 4.33. The minimum Gasteiger partial charge on any atom is -0.475 e. The van der Waals surface area contributed by atoms with E-state index in [4.69, 9.17) is 9.72 Å². The zero-order chi connectivity index (χ0) is 21.7. The van der Waals surface area contributed by atoms with E-state index in [0.29, 0.717) is 5.88 Å². The molecule has 1 amide bonds. The molecule has 1 aliphatic heterocycles. The molecule has 3 aromatic rings. The predicted molar refractivity (Wildman–Crippen MR) is 121 cm³/mol. The summed E-state index contributed by atoms with van der Waals surface area (Å²) < 4.78 is 5.67. The molecule has 4 aliphatic rings. The molecule has 0 aromatic carbocycles. The molecular formula is C26H26N4O2. The summed E-state index contributed by atoms with van der Waals surface area (Å²) in [6.45, 7) is 3.98. The number of hydrogen-bond donors (Lipinski definition) is 2. The molecule has 2 fully saturated rings. The average Bonchev–Trinajstić information content (AvgIpc) is 3.70. The maximum atomic E-state index is 13.1. The Kier molecular flexibility index (Phi) is 3.45. The van der Waals surface area contributed by atoms with Crippen molar-refractivity contribution in [2.45, 2.75) is 69.4 Å². The highest BCUT2D eigenvalue weighted by atomic mass is 16.5. The molecule has 0 atom stereocenters. The minimum absolute atomic E-state index is 0.0161. The summed E-state index contributed by atoms with van der Waals surface area (Å²) in [5.41, 5.74) is 8.83. The summed E-state index contributed by atoms with van der Waals surface area (Å²) in [6.07, 6.45) is 10.2. The number of ether oxygens (including phenoxy) is 1. The first-order valence-corrected chi connectivity index (χ1v) is 11.7. The Morgan fingerprint density at radius 3 is 2.59 bits per heavy atom. The number of amides is 1. The molecule has 4 heterocycles. The molecule has 0 saturated heterocycles. The van der Waals surface area contributed by atoms with Gasteiger partial charge in [-0.1, -0.05) is 0 Å². The van der Waals surface area contributed by atoms with Crippen molar-refractivity contribution in [3.63, 3.8) is 0 Å². The fraction of sp³-hybridized carbons (Fsp3) is 0.423. The molecule has 6 heteroatoms. The van der Waals surface area contributed by atoms with E-state index in [0.717, 1.165) is 48.2 Å². The molecule has 3 aliphatic carbocycles. The first kappa shape index (κ1) is 18.4. The lowest BCUT2D eigenvalue weighted by atomic mass is 9.81. The van der Waals surface area contributed by atoms with Crippen LogP contribution in [0.4, 0.5) is 0 Å². The quantitative estimate of drug-likeness (QED) is 0.653. The van der Waals surface area contributed by atoms with Gasteiger partial charge in [-0.2, -0.15) is 0 Å². The Hall–Kier alpha value is -3.15. The van der Waals surface area contributed by atoms with Gasteiger partial charge in [-0.15, -0.1) is 0 Å². The number of hydrogen-bond acceptors (Lipinski definition) is 4. The van der Waals surface area contributed by atoms with Crippen LogP contribution in [0, 0.1) is 0 Å². The van der Waals surface area contributed by atoms with Crippen molar-refractivity contribution in [1.29, 1.82) is 0 Å². The number of pyridine rings is 2. The van der Waals surface area contributed by atoms with Gasteiger partial charge < -0.3 is 15.0 Å². The molecule has 7 rings (SSSR count). The van der Waals surface area contributed by atoms with Gasteiger partial charge in [-0.25, -0.2) is 4.98 Å². The number of rotatable bonds is 3. The number of H-pyrrole nitrogens is 1. The molecule has 0 radical (unpaired) electrons. The Labute approximate surface area is 186 Å². The van der Waals surface area contributed by atoms with Crippen LogP contribution in [0.15, 0.2) is 30.6 Å². The van der Waals surface area contributed by atoms with Crippen LogP contribution < -0.4 is 10.1 Å². The standard InChI is InChI=1S/C26H26N4O2/c1-14(2)32-20-6-4-16(13-28-20)19-11-18-15(12-27-19)3-5-17-21-23(29-22(17)18)25(7-8-25)26(9-10-26)30-24(21)31/h4,6,11-14,29H,3,5,7-10H2,1-2H3,(H,30,31). The smallest absolute Gasteiger partial charge is 0.253 e. The highest BCUT2D eigenvalue weighted by Crippen LogP contribution is 2.67. The molecule has 6 nitrogen and oxygen atoms in total. The molecule has 32 heavy (non-hydrogen) atoms. The van der Waals surface area contributed by atoms with Crippen LogP contribution in [0.3, 0.4) is 0 Å². The van der Waals surface area contributed by atoms with Crippen molar-refractivity contribution in [3.8, 4) is 28.4 Å². The van der Waals surface area contributed by atoms with Gasteiger partial charge in [0.15, 0.2) is 0 Å². The number of nitrogens with zero attached hydrogens (tertiary/aromatic N) is 2. The molecule has 2 N–H and O–H groups in total. The van der Waals surface area contributed by atoms with Gasteiger partial charge in [0.25, 0.3) is 5.91 Å². The maximum Gasteiger partial charge on any atom is 0.253 e. The van der Waals surface area contributed by atoms with E-state index < -0.39 is 0 Å². The summed E-state index contributed by atoms with van der Waals surface area (Å²) in [4.78, 5) is 26.1. The summed E-state index contributed by atoms with van der Waals surface area (Å²) in [7, 11) is 0. The minimum atomic E-state index is 0.0161. The van der Waals surface area contributed by atoms with Crippen LogP contribution >= 0.6 is 0 Å². The molecular weight excluding hydrogens is 400 g/mol. The van der Waals surface area contributed by atoms with Gasteiger partial charge in [-0.3, -0.25) is 9.78 Å². The average molecular weight is 427 g/mol. The van der Waals surface area contributed by atoms with Crippen molar-refractivity contribution in [2.75, 3.05) is 0 Å². The van der Waals surface area contributed by atoms with Gasteiger partial charge >= 0.3 is 0 Å². The summed E-state index contributed by atoms with van der Waals surface area (Å²) in [5.74, 6) is 0.742. The van der Waals surface area contributed by atoms with Crippen LogP contribution in [0.25, 0.3) is 22.5 Å². The highest BCUT2D eigenvalue weighted by molar-refractivity contribution is 6.02. The third kappa shape index (κ3) is 2.38. The maximum absolute atomic E-state index is 13.1. The van der Waals surface area contributed by atoms with E-state index in [9.17, 15) is 4.79 Å². The first-order valence-electron chi connectivity index (χ1n) is 11.7. The van der Waals surface area contributed by atoms with Crippen LogP contribution in [-0.4, -0.2) is 32.5 Å². The molecule has 0 unspecified atom stereocenters. The molecule has 2 saturated carbocycles. The molecule has 3 aromatic heterocycles. The van der Waals surface area contributed by atoms with Gasteiger partial charge in [0.1, 0.15) is 0 Å². The Morgan fingerprint density at radius 2 is 1.91 bits per heavy atom. The fourth-order valence-corrected chi connectivity index (χ4v) is 6.03. The monoisotopic (exact) mass is 426 g/mol. The van der Waals surface area contributed by atoms with Crippen molar-refractivity contribution in [2.24, 2.45) is 0 Å². The third-order valence-electron chi connectivity index (χ3n) is 7.87. The normalized spacial score (nSPS) is 20.5. The van der Waals surface area contributed by atoms with Crippen molar-refractivity contribution in [1.82, 2.24) is 20.3 Å². The number of aromatic amines is 1. The van der Waals surface area contributed by atoms with Gasteiger partial charge in [0.2, 0.25) is 5.88 Å². The Bertz CT molecular complexity index is 1280. The van der Waals surface area contributed by atoms with E-state index in [1.54, 1.807) is 0 Å². The summed E-state index contributed by atoms with van der Waals surface area (Å²) in [5, 5.41) is 3.40. The van der Waals surface area contributed by atoms with Crippen LogP contribution in [-0.2, 0) is 18.3 Å². The lowest BCUT2D eigenvalue weighted by molar-refractivity contribution is 0.0898. The summed E-state index contributed by atoms with van der Waals surface area (Å²) in [6, 6.07) is 6.05. The lowest BCUT2D eigenvalue weighted by Crippen LogP contribution is -2.51. The number of nitrogens with one attached hydrogen (secondary N) is 2. The van der Waals surface area contributed by atoms with E-state index >= 15 is 0 Å². The zero-order valence-corrected chi connectivity index (χ0v) is 18.4. The van der Waals surface area contributed by atoms with Crippen LogP contribution in [0.2, 0.25) is 0 Å². The lowest BCUT2D eigenvalue weighted by Gasteiger charge is -2.33. The largest absolute Gasteiger partial charge is 0.475 e. The highest BCUT2D eigenvalue weighted by Gasteiger charge is 2.70. The first-order chi connectivity index (χ1) is 15.5. The second kappa shape index (κ2) is 6.00. The SMILES string of the molecule is CC(C)Oc1ccc(-c2cc3c(cn2)CCc2c-3[nH]c3c2C(=O)NC2(CC2)C32CC2)cn1. The Morgan fingerprint density at radius 1 is 1.06 bits per heavy atom. The number of fused-ring (bicyclic) bond motifs is 7. The topological polar surface area (TPSA) is 79.9 Å². The van der Waals surface area contributed by atoms with Gasteiger partial charge in [0, 0.05) is 40.7 Å². The zero-order valence-electron chi connectivity index (χ0n) is 18.4. The van der Waals surface area contributed by atoms with E-state index in [2.05, 4.69) is 21.4 Å². The number of aryl methyl sites for hydroxylation is 1. The van der Waals surface area contributed by atoms with E-state index in [1.165, 1.54) is 35.2 Å². The van der Waals surface area contributed by atoms with Crippen molar-refractivity contribution < 1.29 is 9.53 Å². The second-order valence-electron chi connectivity index (χ2n) is 10.1. The number of aromatic nitrogens is 3. The van der Waals surface area contributed by atoms with Crippen LogP contribution in [0.1, 0.15) is 66.7 Å². The van der Waals surface area contributed by atoms with Gasteiger partial charge in [0.05, 0.1) is 28.6 Å². The Balaban J connectivity index is 1.32. The molecule has 2 spiro atoms. The second-order valence-corrected chi connectivity index (χ2v) is 10.1. The fourth-order valence-electron chi connectivity index (χ4n) is 6.03. The van der Waals surface area contributed by atoms with Crippen molar-refractivity contribution in [3.05, 3.63) is 53.0 Å².